The summed E-state index contributed by atoms with van der Waals surface area (Å²) in [6.07, 6.45) is 6.38. The first kappa shape index (κ1) is 18.3. The van der Waals surface area contributed by atoms with Crippen LogP contribution >= 0.6 is 0 Å². The average molecular weight is 374 g/mol. The summed E-state index contributed by atoms with van der Waals surface area (Å²) in [5.74, 6) is 2.59. The van der Waals surface area contributed by atoms with E-state index in [1.807, 2.05) is 50.4 Å². The van der Waals surface area contributed by atoms with Gasteiger partial charge in [-0.1, -0.05) is 12.1 Å². The number of hydrogen-bond acceptors (Lipinski definition) is 6. The van der Waals surface area contributed by atoms with E-state index in [4.69, 9.17) is 15.0 Å². The van der Waals surface area contributed by atoms with Crippen molar-refractivity contribution in [2.45, 2.75) is 26.7 Å². The molecule has 3 aromatic rings. The van der Waals surface area contributed by atoms with Gasteiger partial charge >= 0.3 is 0 Å². The number of aromatic nitrogens is 4. The van der Waals surface area contributed by atoms with Crippen molar-refractivity contribution in [1.82, 2.24) is 19.9 Å². The van der Waals surface area contributed by atoms with Gasteiger partial charge in [-0.15, -0.1) is 0 Å². The van der Waals surface area contributed by atoms with Crippen molar-refractivity contribution >= 4 is 34.8 Å². The minimum absolute atomic E-state index is 0.710. The molecule has 1 aromatic carbocycles. The molecule has 3 heterocycles. The molecule has 1 aliphatic heterocycles. The molecule has 0 N–H and O–H groups in total. The van der Waals surface area contributed by atoms with Gasteiger partial charge in [0.1, 0.15) is 11.5 Å². The molecule has 144 valence electrons. The first-order chi connectivity index (χ1) is 13.6. The quantitative estimate of drug-likeness (QED) is 0.674. The van der Waals surface area contributed by atoms with Gasteiger partial charge in [-0.25, -0.2) is 19.9 Å². The first-order valence-corrected chi connectivity index (χ1v) is 9.90. The van der Waals surface area contributed by atoms with Crippen LogP contribution in [-0.4, -0.2) is 46.6 Å². The van der Waals surface area contributed by atoms with Crippen LogP contribution in [0.1, 0.15) is 37.0 Å². The molecule has 6 heteroatoms. The zero-order chi connectivity index (χ0) is 19.5. The number of para-hydroxylation sites is 2. The number of benzene rings is 1. The maximum Gasteiger partial charge on any atom is 0.155 e. The Labute approximate surface area is 166 Å². The standard InChI is InChI=1S/C22H26N6/c1-4-27(3)22-19(24-17-9-5-6-10-18(17)25-22)11-12-20-23-16(2)15-21(26-20)28-13-7-8-14-28/h5-6,9-12,15H,4,7-8,13-14H2,1-3H3/b12-11+. The van der Waals surface area contributed by atoms with Crippen LogP contribution in [0.2, 0.25) is 0 Å². The van der Waals surface area contributed by atoms with Gasteiger partial charge in [0, 0.05) is 38.4 Å². The van der Waals surface area contributed by atoms with Crippen molar-refractivity contribution in [3.63, 3.8) is 0 Å². The zero-order valence-corrected chi connectivity index (χ0v) is 16.8. The van der Waals surface area contributed by atoms with Crippen LogP contribution in [0.4, 0.5) is 11.6 Å². The second-order valence-corrected chi connectivity index (χ2v) is 7.19. The normalized spacial score (nSPS) is 14.3. The van der Waals surface area contributed by atoms with Crippen molar-refractivity contribution in [3.8, 4) is 0 Å². The number of hydrogen-bond donors (Lipinski definition) is 0. The monoisotopic (exact) mass is 374 g/mol. The Morgan fingerprint density at radius 1 is 1.00 bits per heavy atom. The Kier molecular flexibility index (Phi) is 5.19. The third-order valence-corrected chi connectivity index (χ3v) is 5.09. The fraction of sp³-hybridized carbons (Fsp3) is 0.364. The molecule has 2 aromatic heterocycles. The van der Waals surface area contributed by atoms with E-state index in [-0.39, 0.29) is 0 Å². The van der Waals surface area contributed by atoms with Gasteiger partial charge in [-0.3, -0.25) is 0 Å². The number of fused-ring (bicyclic) bond motifs is 1. The lowest BCUT2D eigenvalue weighted by atomic mass is 10.2. The summed E-state index contributed by atoms with van der Waals surface area (Å²) in [5.41, 5.74) is 3.60. The molecule has 28 heavy (non-hydrogen) atoms. The van der Waals surface area contributed by atoms with E-state index in [9.17, 15) is 0 Å². The molecule has 0 spiro atoms. The molecule has 1 fully saturated rings. The molecule has 0 aliphatic carbocycles. The van der Waals surface area contributed by atoms with E-state index in [0.29, 0.717) is 5.82 Å². The van der Waals surface area contributed by atoms with Gasteiger partial charge in [-0.05, 0) is 51.0 Å². The number of rotatable bonds is 5. The second-order valence-electron chi connectivity index (χ2n) is 7.19. The number of nitrogens with zero attached hydrogens (tertiary/aromatic N) is 6. The largest absolute Gasteiger partial charge is 0.358 e. The third-order valence-electron chi connectivity index (χ3n) is 5.09. The molecule has 4 rings (SSSR count). The molecule has 0 unspecified atom stereocenters. The molecule has 0 saturated carbocycles. The lowest BCUT2D eigenvalue weighted by molar-refractivity contribution is 0.915. The summed E-state index contributed by atoms with van der Waals surface area (Å²) < 4.78 is 0. The molecular weight excluding hydrogens is 348 g/mol. The molecule has 0 bridgehead atoms. The SMILES string of the molecule is CCN(C)c1nc2ccccc2nc1/C=C/c1nc(C)cc(N2CCCC2)n1. The summed E-state index contributed by atoms with van der Waals surface area (Å²) in [4.78, 5) is 23.4. The summed E-state index contributed by atoms with van der Waals surface area (Å²) in [5, 5.41) is 0. The van der Waals surface area contributed by atoms with Gasteiger partial charge in [0.15, 0.2) is 11.6 Å². The predicted octanol–water partition coefficient (Wildman–Crippen LogP) is 3.95. The Balaban J connectivity index is 1.71. The van der Waals surface area contributed by atoms with E-state index in [1.165, 1.54) is 12.8 Å². The third kappa shape index (κ3) is 3.81. The minimum atomic E-state index is 0.710. The summed E-state index contributed by atoms with van der Waals surface area (Å²) in [6.45, 7) is 7.12. The number of aryl methyl sites for hydroxylation is 1. The minimum Gasteiger partial charge on any atom is -0.358 e. The van der Waals surface area contributed by atoms with Crippen LogP contribution in [0.5, 0.6) is 0 Å². The van der Waals surface area contributed by atoms with Crippen molar-refractivity contribution in [3.05, 3.63) is 47.5 Å². The van der Waals surface area contributed by atoms with Crippen molar-refractivity contribution in [1.29, 1.82) is 0 Å². The van der Waals surface area contributed by atoms with Gasteiger partial charge in [0.05, 0.1) is 11.0 Å². The molecule has 0 radical (unpaired) electrons. The van der Waals surface area contributed by atoms with Crippen LogP contribution in [-0.2, 0) is 0 Å². The van der Waals surface area contributed by atoms with E-state index >= 15 is 0 Å². The van der Waals surface area contributed by atoms with Gasteiger partial charge < -0.3 is 9.80 Å². The number of anilines is 2. The van der Waals surface area contributed by atoms with E-state index in [1.54, 1.807) is 0 Å². The van der Waals surface area contributed by atoms with E-state index in [2.05, 4.69) is 27.8 Å². The fourth-order valence-electron chi connectivity index (χ4n) is 3.46. The topological polar surface area (TPSA) is 58.0 Å². The van der Waals surface area contributed by atoms with E-state index in [0.717, 1.165) is 53.7 Å². The van der Waals surface area contributed by atoms with Crippen LogP contribution in [0, 0.1) is 6.92 Å². The molecule has 0 amide bonds. The summed E-state index contributed by atoms with van der Waals surface area (Å²) in [7, 11) is 2.03. The highest BCUT2D eigenvalue weighted by Gasteiger charge is 2.15. The lowest BCUT2D eigenvalue weighted by Gasteiger charge is -2.18. The van der Waals surface area contributed by atoms with Crippen LogP contribution in [0.15, 0.2) is 30.3 Å². The summed E-state index contributed by atoms with van der Waals surface area (Å²) >= 11 is 0. The predicted molar refractivity (Wildman–Crippen MR) is 116 cm³/mol. The van der Waals surface area contributed by atoms with Crippen LogP contribution in [0.25, 0.3) is 23.2 Å². The Morgan fingerprint density at radius 2 is 1.71 bits per heavy atom. The smallest absolute Gasteiger partial charge is 0.155 e. The van der Waals surface area contributed by atoms with Crippen LogP contribution < -0.4 is 9.80 Å². The summed E-state index contributed by atoms with van der Waals surface area (Å²) in [6, 6.07) is 10.0. The highest BCUT2D eigenvalue weighted by atomic mass is 15.2. The van der Waals surface area contributed by atoms with Gasteiger partial charge in [0.2, 0.25) is 0 Å². The molecule has 0 atom stereocenters. The molecular formula is C22H26N6. The fourth-order valence-corrected chi connectivity index (χ4v) is 3.46. The molecule has 6 nitrogen and oxygen atoms in total. The first-order valence-electron chi connectivity index (χ1n) is 9.90. The lowest BCUT2D eigenvalue weighted by Crippen LogP contribution is -2.19. The molecule has 1 aliphatic rings. The second kappa shape index (κ2) is 7.92. The zero-order valence-electron chi connectivity index (χ0n) is 16.8. The maximum absolute atomic E-state index is 4.82. The van der Waals surface area contributed by atoms with E-state index < -0.39 is 0 Å². The van der Waals surface area contributed by atoms with Gasteiger partial charge in [-0.2, -0.15) is 0 Å². The molecule has 1 saturated heterocycles. The van der Waals surface area contributed by atoms with Crippen molar-refractivity contribution in [2.24, 2.45) is 0 Å². The Hall–Kier alpha value is -3.02. The Morgan fingerprint density at radius 3 is 2.43 bits per heavy atom. The highest BCUT2D eigenvalue weighted by molar-refractivity contribution is 5.81. The van der Waals surface area contributed by atoms with Crippen molar-refractivity contribution < 1.29 is 0 Å². The highest BCUT2D eigenvalue weighted by Crippen LogP contribution is 2.23. The Bertz CT molecular complexity index is 1010. The maximum atomic E-state index is 4.82. The van der Waals surface area contributed by atoms with Crippen LogP contribution in [0.3, 0.4) is 0 Å². The average Bonchev–Trinajstić information content (AvgIpc) is 3.25. The van der Waals surface area contributed by atoms with Crippen molar-refractivity contribution in [2.75, 3.05) is 36.5 Å². The van der Waals surface area contributed by atoms with Gasteiger partial charge in [0.25, 0.3) is 0 Å².